The van der Waals surface area contributed by atoms with E-state index in [1.54, 1.807) is 6.07 Å². The van der Waals surface area contributed by atoms with Gasteiger partial charge in [0.15, 0.2) is 0 Å². The number of hydrogen-bond donors (Lipinski definition) is 2. The van der Waals surface area contributed by atoms with Crippen molar-refractivity contribution in [3.05, 3.63) is 46.9 Å². The van der Waals surface area contributed by atoms with E-state index in [0.29, 0.717) is 18.0 Å². The van der Waals surface area contributed by atoms with Gasteiger partial charge in [-0.3, -0.25) is 0 Å². The molecular weight excluding hydrogens is 247 g/mol. The normalized spacial score (nSPS) is 12.6. The summed E-state index contributed by atoms with van der Waals surface area (Å²) in [5.41, 5.74) is 1.36. The Labute approximate surface area is 111 Å². The van der Waals surface area contributed by atoms with Gasteiger partial charge in [0.2, 0.25) is 5.89 Å². The number of hydrogen-bond acceptors (Lipinski definition) is 4. The van der Waals surface area contributed by atoms with Crippen molar-refractivity contribution in [2.45, 2.75) is 33.4 Å². The van der Waals surface area contributed by atoms with E-state index in [0.717, 1.165) is 17.5 Å². The maximum absolute atomic E-state index is 13.7. The lowest BCUT2D eigenvalue weighted by atomic mass is 10.1. The van der Waals surface area contributed by atoms with Crippen LogP contribution in [0, 0.1) is 19.7 Å². The van der Waals surface area contributed by atoms with Gasteiger partial charge in [-0.2, -0.15) is 0 Å². The molecule has 0 bridgehead atoms. The van der Waals surface area contributed by atoms with Crippen LogP contribution in [0.15, 0.2) is 22.6 Å². The zero-order valence-electron chi connectivity index (χ0n) is 11.2. The third-order valence-electron chi connectivity index (χ3n) is 3.08. The molecule has 1 unspecified atom stereocenters. The summed E-state index contributed by atoms with van der Waals surface area (Å²) in [6.45, 7) is 6.01. The average molecular weight is 264 g/mol. The number of halogens is 1. The molecule has 1 aromatic carbocycles. The second-order valence-electron chi connectivity index (χ2n) is 4.56. The number of nitrogens with one attached hydrogen (secondary N) is 1. The molecule has 0 aliphatic heterocycles. The van der Waals surface area contributed by atoms with E-state index >= 15 is 0 Å². The lowest BCUT2D eigenvalue weighted by Crippen LogP contribution is -2.19. The molecule has 2 aromatic rings. The minimum absolute atomic E-state index is 0.0765. The van der Waals surface area contributed by atoms with Gasteiger partial charge < -0.3 is 14.8 Å². The number of rotatable bonds is 4. The van der Waals surface area contributed by atoms with E-state index in [1.165, 1.54) is 6.07 Å². The van der Waals surface area contributed by atoms with Crippen molar-refractivity contribution in [2.24, 2.45) is 0 Å². The van der Waals surface area contributed by atoms with Crippen LogP contribution in [0.3, 0.4) is 0 Å². The van der Waals surface area contributed by atoms with E-state index < -0.39 is 5.82 Å². The fraction of sp³-hybridized carbons (Fsp3) is 0.357. The highest BCUT2D eigenvalue weighted by Gasteiger charge is 2.12. The molecular formula is C14H17FN2O2. The summed E-state index contributed by atoms with van der Waals surface area (Å²) in [5, 5.41) is 12.3. The van der Waals surface area contributed by atoms with Crippen molar-refractivity contribution in [3.63, 3.8) is 0 Å². The van der Waals surface area contributed by atoms with E-state index in [4.69, 9.17) is 4.42 Å². The van der Waals surface area contributed by atoms with Crippen molar-refractivity contribution < 1.29 is 13.9 Å². The van der Waals surface area contributed by atoms with Crippen LogP contribution in [0.5, 0.6) is 5.75 Å². The minimum atomic E-state index is -0.431. The Balaban J connectivity index is 2.03. The maximum Gasteiger partial charge on any atom is 0.208 e. The number of aryl methyl sites for hydroxylation is 2. The average Bonchev–Trinajstić information content (AvgIpc) is 2.66. The summed E-state index contributed by atoms with van der Waals surface area (Å²) in [6, 6.07) is 3.94. The molecule has 102 valence electrons. The quantitative estimate of drug-likeness (QED) is 0.891. The second kappa shape index (κ2) is 5.40. The predicted octanol–water partition coefficient (Wildman–Crippen LogP) is 2.99. The fourth-order valence-corrected chi connectivity index (χ4v) is 1.83. The standard InChI is InChI=1S/C14H17FN2O2/c1-8-10(3)19-14(17-8)7-16-9(2)12-5-4-11(18)6-13(12)15/h4-6,9,16,18H,7H2,1-3H3. The summed E-state index contributed by atoms with van der Waals surface area (Å²) in [5.74, 6) is 0.869. The topological polar surface area (TPSA) is 58.3 Å². The Kier molecular flexibility index (Phi) is 3.85. The Morgan fingerprint density at radius 3 is 2.74 bits per heavy atom. The van der Waals surface area contributed by atoms with Crippen molar-refractivity contribution in [3.8, 4) is 5.75 Å². The third-order valence-corrected chi connectivity index (χ3v) is 3.08. The van der Waals surface area contributed by atoms with E-state index in [2.05, 4.69) is 10.3 Å². The van der Waals surface area contributed by atoms with Gasteiger partial charge in [-0.1, -0.05) is 6.07 Å². The molecule has 0 amide bonds. The lowest BCUT2D eigenvalue weighted by Gasteiger charge is -2.13. The molecule has 0 saturated heterocycles. The molecule has 0 spiro atoms. The molecule has 0 saturated carbocycles. The van der Waals surface area contributed by atoms with Crippen molar-refractivity contribution in [1.82, 2.24) is 10.3 Å². The molecule has 5 heteroatoms. The molecule has 1 atom stereocenters. The van der Waals surface area contributed by atoms with Gasteiger partial charge in [0.1, 0.15) is 17.3 Å². The summed E-state index contributed by atoms with van der Waals surface area (Å²) in [4.78, 5) is 4.25. The monoisotopic (exact) mass is 264 g/mol. The second-order valence-corrected chi connectivity index (χ2v) is 4.56. The van der Waals surface area contributed by atoms with Crippen LogP contribution in [-0.4, -0.2) is 10.1 Å². The molecule has 4 nitrogen and oxygen atoms in total. The molecule has 0 aliphatic rings. The molecule has 1 aromatic heterocycles. The molecule has 0 aliphatic carbocycles. The van der Waals surface area contributed by atoms with Crippen LogP contribution in [0.4, 0.5) is 4.39 Å². The van der Waals surface area contributed by atoms with Crippen LogP contribution in [-0.2, 0) is 6.54 Å². The number of aromatic hydroxyl groups is 1. The molecule has 19 heavy (non-hydrogen) atoms. The summed E-state index contributed by atoms with van der Waals surface area (Å²) >= 11 is 0. The summed E-state index contributed by atoms with van der Waals surface area (Å²) in [6.07, 6.45) is 0. The van der Waals surface area contributed by atoms with E-state index in [9.17, 15) is 9.50 Å². The van der Waals surface area contributed by atoms with E-state index in [-0.39, 0.29) is 11.8 Å². The first-order chi connectivity index (χ1) is 8.97. The van der Waals surface area contributed by atoms with Gasteiger partial charge in [0, 0.05) is 17.7 Å². The fourth-order valence-electron chi connectivity index (χ4n) is 1.83. The van der Waals surface area contributed by atoms with Gasteiger partial charge >= 0.3 is 0 Å². The van der Waals surface area contributed by atoms with Gasteiger partial charge in [0.25, 0.3) is 0 Å². The van der Waals surface area contributed by atoms with Crippen LogP contribution < -0.4 is 5.32 Å². The van der Waals surface area contributed by atoms with E-state index in [1.807, 2.05) is 20.8 Å². The maximum atomic E-state index is 13.7. The first-order valence-electron chi connectivity index (χ1n) is 6.12. The molecule has 0 fully saturated rings. The lowest BCUT2D eigenvalue weighted by molar-refractivity contribution is 0.425. The third kappa shape index (κ3) is 3.12. The largest absolute Gasteiger partial charge is 0.508 e. The highest BCUT2D eigenvalue weighted by atomic mass is 19.1. The van der Waals surface area contributed by atoms with Crippen molar-refractivity contribution in [2.75, 3.05) is 0 Å². The zero-order chi connectivity index (χ0) is 14.0. The first-order valence-corrected chi connectivity index (χ1v) is 6.12. The van der Waals surface area contributed by atoms with Gasteiger partial charge in [0.05, 0.1) is 12.2 Å². The molecule has 1 heterocycles. The number of oxazole rings is 1. The Morgan fingerprint density at radius 2 is 2.16 bits per heavy atom. The van der Waals surface area contributed by atoms with Crippen LogP contribution in [0.2, 0.25) is 0 Å². The van der Waals surface area contributed by atoms with Crippen LogP contribution >= 0.6 is 0 Å². The molecule has 2 N–H and O–H groups in total. The Hall–Kier alpha value is -1.88. The molecule has 0 radical (unpaired) electrons. The SMILES string of the molecule is Cc1nc(CNC(C)c2ccc(O)cc2F)oc1C. The number of benzene rings is 1. The number of phenolic OH excluding ortho intramolecular Hbond substituents is 1. The number of aromatic nitrogens is 1. The minimum Gasteiger partial charge on any atom is -0.508 e. The Morgan fingerprint density at radius 1 is 1.42 bits per heavy atom. The predicted molar refractivity (Wildman–Crippen MR) is 69.3 cm³/mol. The van der Waals surface area contributed by atoms with Crippen LogP contribution in [0.1, 0.15) is 35.9 Å². The highest BCUT2D eigenvalue weighted by molar-refractivity contribution is 5.29. The van der Waals surface area contributed by atoms with Crippen molar-refractivity contribution in [1.29, 1.82) is 0 Å². The number of phenols is 1. The first kappa shape index (κ1) is 13.5. The smallest absolute Gasteiger partial charge is 0.208 e. The number of nitrogens with zero attached hydrogens (tertiary/aromatic N) is 1. The van der Waals surface area contributed by atoms with Gasteiger partial charge in [-0.15, -0.1) is 0 Å². The van der Waals surface area contributed by atoms with Crippen molar-refractivity contribution >= 4 is 0 Å². The molecule has 2 rings (SSSR count). The van der Waals surface area contributed by atoms with Crippen LogP contribution in [0.25, 0.3) is 0 Å². The summed E-state index contributed by atoms with van der Waals surface area (Å²) in [7, 11) is 0. The zero-order valence-corrected chi connectivity index (χ0v) is 11.2. The highest BCUT2D eigenvalue weighted by Crippen LogP contribution is 2.21. The van der Waals surface area contributed by atoms with Gasteiger partial charge in [-0.05, 0) is 26.8 Å². The van der Waals surface area contributed by atoms with Gasteiger partial charge in [-0.25, -0.2) is 9.37 Å². The summed E-state index contributed by atoms with van der Waals surface area (Å²) < 4.78 is 19.1. The Bertz CT molecular complexity index is 561.